The monoisotopic (exact) mass is 230 g/mol. The number of ether oxygens (including phenoxy) is 2. The average molecular weight is 230 g/mol. The molecule has 0 aromatic heterocycles. The lowest BCUT2D eigenvalue weighted by Crippen LogP contribution is -2.36. The van der Waals surface area contributed by atoms with Crippen LogP contribution >= 0.6 is 0 Å². The maximum absolute atomic E-state index is 11.5. The Kier molecular flexibility index (Phi) is 4.45. The standard InChI is InChI=1S/C10H14O6/c1-14-9(11)7-4-3-6(16-13)5-8(7)10(12)15-2/h3-4,6-8,13H,5H2,1-2H3. The van der Waals surface area contributed by atoms with E-state index < -0.39 is 29.9 Å². The van der Waals surface area contributed by atoms with Gasteiger partial charge in [-0.05, 0) is 6.42 Å². The minimum atomic E-state index is -0.695. The molecule has 0 saturated heterocycles. The fourth-order valence-electron chi connectivity index (χ4n) is 1.70. The number of hydrogen-bond donors (Lipinski definition) is 1. The van der Waals surface area contributed by atoms with E-state index in [2.05, 4.69) is 14.4 Å². The van der Waals surface area contributed by atoms with Gasteiger partial charge in [-0.2, -0.15) is 0 Å². The fraction of sp³-hybridized carbons (Fsp3) is 0.600. The largest absolute Gasteiger partial charge is 0.469 e. The lowest BCUT2D eigenvalue weighted by atomic mass is 9.83. The summed E-state index contributed by atoms with van der Waals surface area (Å²) in [7, 11) is 2.49. The van der Waals surface area contributed by atoms with Gasteiger partial charge in [-0.25, -0.2) is 4.89 Å². The van der Waals surface area contributed by atoms with Crippen molar-refractivity contribution in [2.75, 3.05) is 14.2 Å². The van der Waals surface area contributed by atoms with E-state index >= 15 is 0 Å². The van der Waals surface area contributed by atoms with Gasteiger partial charge in [0.2, 0.25) is 0 Å². The highest BCUT2D eigenvalue weighted by Crippen LogP contribution is 2.28. The van der Waals surface area contributed by atoms with Gasteiger partial charge in [-0.3, -0.25) is 14.8 Å². The van der Waals surface area contributed by atoms with Gasteiger partial charge in [0.15, 0.2) is 0 Å². The van der Waals surface area contributed by atoms with Crippen LogP contribution in [0.2, 0.25) is 0 Å². The van der Waals surface area contributed by atoms with E-state index in [1.807, 2.05) is 0 Å². The van der Waals surface area contributed by atoms with Crippen LogP contribution in [0.1, 0.15) is 6.42 Å². The van der Waals surface area contributed by atoms with Gasteiger partial charge < -0.3 is 9.47 Å². The van der Waals surface area contributed by atoms with Crippen molar-refractivity contribution in [3.05, 3.63) is 12.2 Å². The number of rotatable bonds is 3. The lowest BCUT2D eigenvalue weighted by Gasteiger charge is -2.26. The topological polar surface area (TPSA) is 82.1 Å². The first-order valence-corrected chi connectivity index (χ1v) is 4.78. The zero-order valence-electron chi connectivity index (χ0n) is 9.08. The number of carbonyl (C=O) groups is 2. The molecule has 0 aliphatic heterocycles. The summed E-state index contributed by atoms with van der Waals surface area (Å²) in [4.78, 5) is 27.0. The van der Waals surface area contributed by atoms with Crippen molar-refractivity contribution in [3.8, 4) is 0 Å². The van der Waals surface area contributed by atoms with Crippen LogP contribution in [-0.4, -0.2) is 37.5 Å². The Morgan fingerprint density at radius 1 is 1.19 bits per heavy atom. The first-order valence-electron chi connectivity index (χ1n) is 4.78. The predicted molar refractivity (Wildman–Crippen MR) is 52.3 cm³/mol. The van der Waals surface area contributed by atoms with E-state index in [1.165, 1.54) is 26.4 Å². The Labute approximate surface area is 92.7 Å². The summed E-state index contributed by atoms with van der Waals surface area (Å²) in [5.41, 5.74) is 0. The molecule has 0 saturated carbocycles. The maximum Gasteiger partial charge on any atom is 0.313 e. The van der Waals surface area contributed by atoms with Crippen LogP contribution in [0, 0.1) is 11.8 Å². The Morgan fingerprint density at radius 3 is 2.31 bits per heavy atom. The van der Waals surface area contributed by atoms with E-state index in [9.17, 15) is 9.59 Å². The molecule has 16 heavy (non-hydrogen) atoms. The Bertz CT molecular complexity index is 298. The quantitative estimate of drug-likeness (QED) is 0.327. The Hall–Kier alpha value is -1.40. The van der Waals surface area contributed by atoms with Gasteiger partial charge in [0.05, 0.1) is 26.1 Å². The molecule has 0 amide bonds. The van der Waals surface area contributed by atoms with Crippen LogP contribution in [0.15, 0.2) is 12.2 Å². The van der Waals surface area contributed by atoms with Crippen LogP contribution in [-0.2, 0) is 24.0 Å². The van der Waals surface area contributed by atoms with Crippen LogP contribution in [0.5, 0.6) is 0 Å². The molecule has 0 heterocycles. The maximum atomic E-state index is 11.5. The molecule has 1 N–H and O–H groups in total. The number of carbonyl (C=O) groups excluding carboxylic acids is 2. The summed E-state index contributed by atoms with van der Waals surface area (Å²) in [6.07, 6.45) is 2.57. The smallest absolute Gasteiger partial charge is 0.313 e. The third-order valence-electron chi connectivity index (χ3n) is 2.57. The number of hydrogen-bond acceptors (Lipinski definition) is 6. The first kappa shape index (κ1) is 12.7. The second-order valence-corrected chi connectivity index (χ2v) is 3.44. The van der Waals surface area contributed by atoms with Gasteiger partial charge in [0, 0.05) is 0 Å². The molecule has 6 nitrogen and oxygen atoms in total. The molecular weight excluding hydrogens is 216 g/mol. The molecule has 3 unspecified atom stereocenters. The molecule has 0 aromatic carbocycles. The van der Waals surface area contributed by atoms with E-state index in [1.54, 1.807) is 0 Å². The lowest BCUT2D eigenvalue weighted by molar-refractivity contribution is -0.270. The summed E-state index contributed by atoms with van der Waals surface area (Å²) in [5.74, 6) is -2.42. The van der Waals surface area contributed by atoms with Crippen molar-refractivity contribution in [2.24, 2.45) is 11.8 Å². The molecule has 0 radical (unpaired) electrons. The van der Waals surface area contributed by atoms with E-state index in [0.29, 0.717) is 0 Å². The highest BCUT2D eigenvalue weighted by atomic mass is 17.1. The van der Waals surface area contributed by atoms with Gasteiger partial charge in [-0.1, -0.05) is 12.2 Å². The predicted octanol–water partition coefficient (Wildman–Crippen LogP) is 0.383. The SMILES string of the molecule is COC(=O)C1C=CC(OO)CC1C(=O)OC. The number of esters is 2. The molecule has 0 spiro atoms. The summed E-state index contributed by atoms with van der Waals surface area (Å²) >= 11 is 0. The Balaban J connectivity index is 2.86. The van der Waals surface area contributed by atoms with Crippen molar-refractivity contribution in [2.45, 2.75) is 12.5 Å². The second kappa shape index (κ2) is 5.62. The van der Waals surface area contributed by atoms with E-state index in [-0.39, 0.29) is 6.42 Å². The highest BCUT2D eigenvalue weighted by molar-refractivity contribution is 5.83. The molecule has 0 aromatic rings. The molecule has 1 aliphatic carbocycles. The summed E-state index contributed by atoms with van der Waals surface area (Å²) < 4.78 is 9.17. The average Bonchev–Trinajstić information content (AvgIpc) is 2.36. The molecule has 3 atom stereocenters. The summed E-state index contributed by atoms with van der Waals surface area (Å²) in [6, 6.07) is 0. The van der Waals surface area contributed by atoms with Crippen molar-refractivity contribution in [1.29, 1.82) is 0 Å². The minimum absolute atomic E-state index is 0.180. The minimum Gasteiger partial charge on any atom is -0.469 e. The first-order chi connectivity index (χ1) is 7.63. The van der Waals surface area contributed by atoms with Gasteiger partial charge in [0.1, 0.15) is 6.10 Å². The van der Waals surface area contributed by atoms with Crippen LogP contribution < -0.4 is 0 Å². The molecular formula is C10H14O6. The summed E-state index contributed by atoms with van der Waals surface area (Å²) in [5, 5.41) is 8.53. The highest BCUT2D eigenvalue weighted by Gasteiger charge is 2.38. The van der Waals surface area contributed by atoms with Crippen LogP contribution in [0.25, 0.3) is 0 Å². The molecule has 6 heteroatoms. The Morgan fingerprint density at radius 2 is 1.81 bits per heavy atom. The van der Waals surface area contributed by atoms with E-state index in [4.69, 9.17) is 5.26 Å². The van der Waals surface area contributed by atoms with Crippen molar-refractivity contribution in [3.63, 3.8) is 0 Å². The zero-order chi connectivity index (χ0) is 12.1. The molecule has 1 rings (SSSR count). The van der Waals surface area contributed by atoms with Gasteiger partial charge in [-0.15, -0.1) is 0 Å². The van der Waals surface area contributed by atoms with Crippen LogP contribution in [0.4, 0.5) is 0 Å². The molecule has 1 aliphatic rings. The third kappa shape index (κ3) is 2.59. The molecule has 0 bridgehead atoms. The molecule has 90 valence electrons. The molecule has 0 fully saturated rings. The van der Waals surface area contributed by atoms with Gasteiger partial charge in [0.25, 0.3) is 0 Å². The van der Waals surface area contributed by atoms with Crippen molar-refractivity contribution < 1.29 is 29.2 Å². The van der Waals surface area contributed by atoms with Gasteiger partial charge >= 0.3 is 11.9 Å². The van der Waals surface area contributed by atoms with Crippen LogP contribution in [0.3, 0.4) is 0 Å². The normalized spacial score (nSPS) is 28.6. The third-order valence-corrected chi connectivity index (χ3v) is 2.57. The van der Waals surface area contributed by atoms with Crippen molar-refractivity contribution >= 4 is 11.9 Å². The summed E-state index contributed by atoms with van der Waals surface area (Å²) in [6.45, 7) is 0. The van der Waals surface area contributed by atoms with Crippen molar-refractivity contribution in [1.82, 2.24) is 0 Å². The fourth-order valence-corrected chi connectivity index (χ4v) is 1.70. The zero-order valence-corrected chi connectivity index (χ0v) is 9.08. The van der Waals surface area contributed by atoms with E-state index in [0.717, 1.165) is 0 Å². The number of methoxy groups -OCH3 is 2. The second-order valence-electron chi connectivity index (χ2n) is 3.44.